The van der Waals surface area contributed by atoms with Crippen LogP contribution in [0.25, 0.3) is 0 Å². The summed E-state index contributed by atoms with van der Waals surface area (Å²) in [4.78, 5) is 10.00. The maximum Gasteiger partial charge on any atom is 0.352 e. The molecular formula is C5H9NO2S. The van der Waals surface area contributed by atoms with Crippen LogP contribution in [-0.4, -0.2) is 16.8 Å². The molecule has 0 amide bonds. The van der Waals surface area contributed by atoms with Gasteiger partial charge < -0.3 is 10.8 Å². The van der Waals surface area contributed by atoms with E-state index >= 15 is 0 Å². The maximum absolute atomic E-state index is 10.00. The van der Waals surface area contributed by atoms with Gasteiger partial charge in [-0.3, -0.25) is 0 Å². The van der Waals surface area contributed by atoms with Gasteiger partial charge in [-0.15, -0.1) is 11.8 Å². The first-order valence-electron chi connectivity index (χ1n) is 2.49. The van der Waals surface area contributed by atoms with Crippen LogP contribution in [0, 0.1) is 0 Å². The van der Waals surface area contributed by atoms with Crippen LogP contribution in [0.4, 0.5) is 0 Å². The van der Waals surface area contributed by atoms with Gasteiger partial charge in [0.05, 0.1) is 0 Å². The van der Waals surface area contributed by atoms with Crippen molar-refractivity contribution in [3.63, 3.8) is 0 Å². The highest BCUT2D eigenvalue weighted by Crippen LogP contribution is 2.01. The normalized spacial score (nSPS) is 11.4. The van der Waals surface area contributed by atoms with Gasteiger partial charge in [0.15, 0.2) is 0 Å². The van der Waals surface area contributed by atoms with Crippen LogP contribution in [0.2, 0.25) is 0 Å². The highest BCUT2D eigenvalue weighted by atomic mass is 32.2. The molecule has 0 aliphatic heterocycles. The molecule has 3 N–H and O–H groups in total. The molecule has 4 heteroatoms. The van der Waals surface area contributed by atoms with E-state index in [9.17, 15) is 4.79 Å². The quantitative estimate of drug-likeness (QED) is 0.574. The van der Waals surface area contributed by atoms with Gasteiger partial charge in [0.2, 0.25) is 0 Å². The first-order valence-corrected chi connectivity index (χ1v) is 3.54. The summed E-state index contributed by atoms with van der Waals surface area (Å²) in [6.07, 6.45) is 0. The third-order valence-electron chi connectivity index (χ3n) is 0.624. The van der Waals surface area contributed by atoms with Crippen molar-refractivity contribution in [2.45, 2.75) is 6.92 Å². The SMILES string of the molecule is CCS/C=C(\N)C(=O)O. The largest absolute Gasteiger partial charge is 0.477 e. The Bertz CT molecular complexity index is 133. The Labute approximate surface area is 57.9 Å². The number of hydrogen-bond donors (Lipinski definition) is 2. The Kier molecular flexibility index (Phi) is 3.96. The van der Waals surface area contributed by atoms with Crippen LogP contribution in [0.5, 0.6) is 0 Å². The second-order valence-electron chi connectivity index (χ2n) is 1.33. The summed E-state index contributed by atoms with van der Waals surface area (Å²) in [5.41, 5.74) is 4.95. The number of carboxylic acids is 1. The first kappa shape index (κ1) is 8.36. The molecule has 0 aromatic heterocycles. The van der Waals surface area contributed by atoms with Gasteiger partial charge in [-0.05, 0) is 5.75 Å². The number of hydrogen-bond acceptors (Lipinski definition) is 3. The summed E-state index contributed by atoms with van der Waals surface area (Å²) < 4.78 is 0. The molecule has 0 saturated heterocycles. The number of rotatable bonds is 3. The third-order valence-corrected chi connectivity index (χ3v) is 1.38. The smallest absolute Gasteiger partial charge is 0.352 e. The minimum atomic E-state index is -1.06. The zero-order chi connectivity index (χ0) is 7.28. The van der Waals surface area contributed by atoms with Gasteiger partial charge in [0.1, 0.15) is 5.70 Å². The van der Waals surface area contributed by atoms with Crippen molar-refractivity contribution in [2.75, 3.05) is 5.75 Å². The Balaban J connectivity index is 3.69. The van der Waals surface area contributed by atoms with Gasteiger partial charge in [0.25, 0.3) is 0 Å². The van der Waals surface area contributed by atoms with Crippen molar-refractivity contribution in [1.29, 1.82) is 0 Å². The third kappa shape index (κ3) is 3.90. The minimum absolute atomic E-state index is 0.0955. The standard InChI is InChI=1S/C5H9NO2S/c1-2-9-3-4(6)5(7)8/h3H,2,6H2,1H3,(H,7,8)/b4-3-. The van der Waals surface area contributed by atoms with Crippen molar-refractivity contribution in [3.05, 3.63) is 11.1 Å². The van der Waals surface area contributed by atoms with E-state index in [1.807, 2.05) is 6.92 Å². The van der Waals surface area contributed by atoms with Crippen molar-refractivity contribution in [1.82, 2.24) is 0 Å². The van der Waals surface area contributed by atoms with E-state index in [-0.39, 0.29) is 5.70 Å². The molecule has 0 spiro atoms. The summed E-state index contributed by atoms with van der Waals surface area (Å²) >= 11 is 1.38. The van der Waals surface area contributed by atoms with Gasteiger partial charge >= 0.3 is 5.97 Å². The minimum Gasteiger partial charge on any atom is -0.477 e. The summed E-state index contributed by atoms with van der Waals surface area (Å²) in [5, 5.41) is 9.63. The van der Waals surface area contributed by atoms with E-state index in [4.69, 9.17) is 10.8 Å². The number of nitrogens with two attached hydrogens (primary N) is 1. The predicted octanol–water partition coefficient (Wildman–Crippen LogP) is 0.624. The van der Waals surface area contributed by atoms with Crippen LogP contribution >= 0.6 is 11.8 Å². The van der Waals surface area contributed by atoms with E-state index < -0.39 is 5.97 Å². The molecule has 0 fully saturated rings. The summed E-state index contributed by atoms with van der Waals surface area (Å²) in [7, 11) is 0. The van der Waals surface area contributed by atoms with Crippen molar-refractivity contribution >= 4 is 17.7 Å². The molecular weight excluding hydrogens is 138 g/mol. The maximum atomic E-state index is 10.00. The average Bonchev–Trinajstić information content (AvgIpc) is 1.82. The molecule has 0 aliphatic rings. The lowest BCUT2D eigenvalue weighted by atomic mass is 10.5. The lowest BCUT2D eigenvalue weighted by Gasteiger charge is -1.89. The fourth-order valence-corrected chi connectivity index (χ4v) is 0.671. The monoisotopic (exact) mass is 147 g/mol. The van der Waals surface area contributed by atoms with Crippen molar-refractivity contribution in [2.24, 2.45) is 5.73 Å². The van der Waals surface area contributed by atoms with Gasteiger partial charge in [-0.25, -0.2) is 4.79 Å². The molecule has 9 heavy (non-hydrogen) atoms. The molecule has 0 atom stereocenters. The Hall–Kier alpha value is -0.640. The lowest BCUT2D eigenvalue weighted by Crippen LogP contribution is -2.08. The van der Waals surface area contributed by atoms with E-state index in [0.717, 1.165) is 5.75 Å². The highest BCUT2D eigenvalue weighted by Gasteiger charge is 1.97. The van der Waals surface area contributed by atoms with Gasteiger partial charge in [-0.1, -0.05) is 6.92 Å². The lowest BCUT2D eigenvalue weighted by molar-refractivity contribution is -0.132. The second-order valence-corrected chi connectivity index (χ2v) is 2.48. The summed E-state index contributed by atoms with van der Waals surface area (Å²) in [5.74, 6) is -0.218. The molecule has 0 rings (SSSR count). The molecule has 0 aliphatic carbocycles. The topological polar surface area (TPSA) is 63.3 Å². The average molecular weight is 147 g/mol. The zero-order valence-corrected chi connectivity index (χ0v) is 5.94. The predicted molar refractivity (Wildman–Crippen MR) is 38.0 cm³/mol. The van der Waals surface area contributed by atoms with E-state index in [1.165, 1.54) is 17.2 Å². The van der Waals surface area contributed by atoms with Crippen LogP contribution in [0.3, 0.4) is 0 Å². The van der Waals surface area contributed by atoms with Crippen LogP contribution in [-0.2, 0) is 4.79 Å². The summed E-state index contributed by atoms with van der Waals surface area (Å²) in [6.45, 7) is 1.93. The van der Waals surface area contributed by atoms with Crippen LogP contribution < -0.4 is 5.73 Å². The number of carbonyl (C=O) groups is 1. The van der Waals surface area contributed by atoms with Gasteiger partial charge in [0, 0.05) is 5.41 Å². The Morgan fingerprint density at radius 1 is 1.89 bits per heavy atom. The second kappa shape index (κ2) is 4.26. The highest BCUT2D eigenvalue weighted by molar-refractivity contribution is 8.02. The molecule has 0 radical (unpaired) electrons. The van der Waals surface area contributed by atoms with E-state index in [1.54, 1.807) is 0 Å². The fourth-order valence-electron chi connectivity index (χ4n) is 0.224. The number of thioether (sulfide) groups is 1. The molecule has 0 heterocycles. The van der Waals surface area contributed by atoms with Crippen LogP contribution in [0.15, 0.2) is 11.1 Å². The van der Waals surface area contributed by atoms with Crippen molar-refractivity contribution < 1.29 is 9.90 Å². The van der Waals surface area contributed by atoms with Crippen LogP contribution in [0.1, 0.15) is 6.92 Å². The summed E-state index contributed by atoms with van der Waals surface area (Å²) in [6, 6.07) is 0. The number of carboxylic acid groups (broad SMARTS) is 1. The molecule has 0 saturated carbocycles. The molecule has 0 aromatic carbocycles. The first-order chi connectivity index (χ1) is 4.18. The molecule has 3 nitrogen and oxygen atoms in total. The van der Waals surface area contributed by atoms with Gasteiger partial charge in [-0.2, -0.15) is 0 Å². The zero-order valence-electron chi connectivity index (χ0n) is 5.13. The Morgan fingerprint density at radius 2 is 2.44 bits per heavy atom. The number of aliphatic carboxylic acids is 1. The fraction of sp³-hybridized carbons (Fsp3) is 0.400. The van der Waals surface area contributed by atoms with E-state index in [2.05, 4.69) is 0 Å². The molecule has 0 bridgehead atoms. The van der Waals surface area contributed by atoms with E-state index in [0.29, 0.717) is 0 Å². The Morgan fingerprint density at radius 3 is 2.78 bits per heavy atom. The molecule has 52 valence electrons. The molecule has 0 unspecified atom stereocenters. The van der Waals surface area contributed by atoms with Crippen molar-refractivity contribution in [3.8, 4) is 0 Å². The molecule has 0 aromatic rings.